The summed E-state index contributed by atoms with van der Waals surface area (Å²) in [5, 5.41) is 9.93. The monoisotopic (exact) mass is 409 g/mol. The van der Waals surface area contributed by atoms with Gasteiger partial charge in [0.2, 0.25) is 0 Å². The molecule has 3 aromatic rings. The second-order valence-corrected chi connectivity index (χ2v) is 9.16. The fraction of sp³-hybridized carbons (Fsp3) is 0.333. The molecule has 1 aromatic heterocycles. The normalized spacial score (nSPS) is 11.5. The lowest BCUT2D eigenvalue weighted by molar-refractivity contribution is 0.0701. The second kappa shape index (κ2) is 8.37. The quantitative estimate of drug-likeness (QED) is 0.522. The number of carbonyl (C=O) groups is 1. The van der Waals surface area contributed by atoms with Gasteiger partial charge in [0.15, 0.2) is 0 Å². The summed E-state index contributed by atoms with van der Waals surface area (Å²) < 4.78 is 6.16. The lowest BCUT2D eigenvalue weighted by Crippen LogP contribution is -2.14. The number of thiazole rings is 1. The van der Waals surface area contributed by atoms with Gasteiger partial charge in [0.25, 0.3) is 0 Å². The number of hydrogen-bond acceptors (Lipinski definition) is 4. The van der Waals surface area contributed by atoms with Gasteiger partial charge in [-0.05, 0) is 41.5 Å². The van der Waals surface area contributed by atoms with Crippen molar-refractivity contribution in [3.63, 3.8) is 0 Å². The molecular formula is C24H27NO3S. The van der Waals surface area contributed by atoms with Gasteiger partial charge in [-0.1, -0.05) is 64.1 Å². The number of aromatic carboxylic acids is 1. The van der Waals surface area contributed by atoms with E-state index in [9.17, 15) is 9.90 Å². The Hall–Kier alpha value is -2.66. The highest BCUT2D eigenvalue weighted by Gasteiger charge is 2.20. The van der Waals surface area contributed by atoms with Crippen LogP contribution in [0.5, 0.6) is 5.75 Å². The molecule has 0 unspecified atom stereocenters. The van der Waals surface area contributed by atoms with E-state index in [1.807, 2.05) is 24.3 Å². The Balaban J connectivity index is 1.76. The molecule has 0 aliphatic carbocycles. The van der Waals surface area contributed by atoms with Crippen LogP contribution in [0.1, 0.15) is 59.8 Å². The number of ether oxygens (including phenoxy) is 1. The van der Waals surface area contributed by atoms with Gasteiger partial charge in [-0.2, -0.15) is 0 Å². The first-order chi connectivity index (χ1) is 13.7. The van der Waals surface area contributed by atoms with E-state index in [0.717, 1.165) is 28.3 Å². The van der Waals surface area contributed by atoms with Crippen LogP contribution in [0.4, 0.5) is 0 Å². The third kappa shape index (κ3) is 4.85. The summed E-state index contributed by atoms with van der Waals surface area (Å²) in [5.41, 5.74) is 5.06. The van der Waals surface area contributed by atoms with E-state index in [1.165, 1.54) is 22.5 Å². The number of nitrogens with zero attached hydrogens (tertiary/aromatic N) is 1. The van der Waals surface area contributed by atoms with E-state index in [0.29, 0.717) is 12.3 Å². The van der Waals surface area contributed by atoms with Crippen molar-refractivity contribution in [2.45, 2.75) is 53.1 Å². The maximum Gasteiger partial charge on any atom is 0.347 e. The number of carboxylic acid groups (broad SMARTS) is 1. The Morgan fingerprint density at radius 1 is 1.10 bits per heavy atom. The van der Waals surface area contributed by atoms with Crippen molar-refractivity contribution >= 4 is 17.3 Å². The largest absolute Gasteiger partial charge is 0.489 e. The summed E-state index contributed by atoms with van der Waals surface area (Å²) in [6.45, 7) is 11.0. The van der Waals surface area contributed by atoms with Crippen LogP contribution in [0.15, 0.2) is 42.5 Å². The zero-order valence-corrected chi connectivity index (χ0v) is 18.4. The van der Waals surface area contributed by atoms with Gasteiger partial charge in [0, 0.05) is 5.56 Å². The molecule has 0 aliphatic rings. The standard InChI is InChI=1S/C24H27NO3S/c1-6-16-9-12-20(19(13-16)24(3,4)5)28-14-17-7-10-18(11-8-17)22-25-15(2)21(29-22)23(26)27/h7-13H,6,14H2,1-5H3,(H,26,27). The molecule has 0 amide bonds. The van der Waals surface area contributed by atoms with Crippen molar-refractivity contribution < 1.29 is 14.6 Å². The van der Waals surface area contributed by atoms with Crippen LogP contribution in [-0.4, -0.2) is 16.1 Å². The molecule has 0 saturated carbocycles. The molecule has 3 rings (SSSR count). The van der Waals surface area contributed by atoms with E-state index in [2.05, 4.69) is 50.9 Å². The van der Waals surface area contributed by atoms with E-state index in [4.69, 9.17) is 4.74 Å². The number of aromatic nitrogens is 1. The zero-order valence-electron chi connectivity index (χ0n) is 17.6. The average molecular weight is 410 g/mol. The highest BCUT2D eigenvalue weighted by molar-refractivity contribution is 7.17. The number of rotatable bonds is 6. The minimum atomic E-state index is -0.931. The first-order valence-electron chi connectivity index (χ1n) is 9.75. The Labute approximate surface area is 176 Å². The summed E-state index contributed by atoms with van der Waals surface area (Å²) in [5.74, 6) is -0.0135. The van der Waals surface area contributed by atoms with Crippen molar-refractivity contribution in [1.82, 2.24) is 4.98 Å². The molecule has 0 spiro atoms. The molecule has 152 valence electrons. The van der Waals surface area contributed by atoms with E-state index in [-0.39, 0.29) is 10.3 Å². The highest BCUT2D eigenvalue weighted by Crippen LogP contribution is 2.33. The van der Waals surface area contributed by atoms with Gasteiger partial charge < -0.3 is 9.84 Å². The third-order valence-electron chi connectivity index (χ3n) is 4.85. The van der Waals surface area contributed by atoms with Gasteiger partial charge in [-0.25, -0.2) is 9.78 Å². The minimum absolute atomic E-state index is 0.00885. The van der Waals surface area contributed by atoms with Crippen molar-refractivity contribution in [3.8, 4) is 16.3 Å². The van der Waals surface area contributed by atoms with Crippen molar-refractivity contribution in [2.24, 2.45) is 0 Å². The first kappa shape index (κ1) is 21.1. The van der Waals surface area contributed by atoms with Crippen molar-refractivity contribution in [2.75, 3.05) is 0 Å². The van der Waals surface area contributed by atoms with Crippen LogP contribution < -0.4 is 4.74 Å². The molecule has 0 saturated heterocycles. The van der Waals surface area contributed by atoms with Crippen LogP contribution in [-0.2, 0) is 18.4 Å². The Bertz CT molecular complexity index is 1010. The smallest absolute Gasteiger partial charge is 0.347 e. The molecule has 2 aromatic carbocycles. The summed E-state index contributed by atoms with van der Waals surface area (Å²) in [4.78, 5) is 15.9. The zero-order chi connectivity index (χ0) is 21.2. The van der Waals surface area contributed by atoms with Gasteiger partial charge in [-0.3, -0.25) is 0 Å². The van der Waals surface area contributed by atoms with Crippen LogP contribution in [0.25, 0.3) is 10.6 Å². The van der Waals surface area contributed by atoms with Gasteiger partial charge in [-0.15, -0.1) is 11.3 Å². The van der Waals surface area contributed by atoms with Crippen LogP contribution in [0.3, 0.4) is 0 Å². The van der Waals surface area contributed by atoms with Crippen molar-refractivity contribution in [3.05, 3.63) is 69.7 Å². The van der Waals surface area contributed by atoms with Crippen LogP contribution in [0.2, 0.25) is 0 Å². The highest BCUT2D eigenvalue weighted by atomic mass is 32.1. The maximum absolute atomic E-state index is 11.2. The molecule has 1 heterocycles. The fourth-order valence-corrected chi connectivity index (χ4v) is 4.04. The first-order valence-corrected chi connectivity index (χ1v) is 10.6. The number of carboxylic acids is 1. The minimum Gasteiger partial charge on any atom is -0.489 e. The lowest BCUT2D eigenvalue weighted by Gasteiger charge is -2.23. The lowest BCUT2D eigenvalue weighted by atomic mass is 9.85. The molecular weight excluding hydrogens is 382 g/mol. The summed E-state index contributed by atoms with van der Waals surface area (Å²) in [7, 11) is 0. The topological polar surface area (TPSA) is 59.4 Å². The SMILES string of the molecule is CCc1ccc(OCc2ccc(-c3nc(C)c(C(=O)O)s3)cc2)c(C(C)(C)C)c1. The molecule has 0 aliphatic heterocycles. The molecule has 5 heteroatoms. The van der Waals surface area contributed by atoms with Gasteiger partial charge in [0.1, 0.15) is 22.2 Å². The van der Waals surface area contributed by atoms with Crippen molar-refractivity contribution in [1.29, 1.82) is 0 Å². The summed E-state index contributed by atoms with van der Waals surface area (Å²) in [6, 6.07) is 14.4. The van der Waals surface area contributed by atoms with E-state index >= 15 is 0 Å². The maximum atomic E-state index is 11.2. The molecule has 0 atom stereocenters. The molecule has 4 nitrogen and oxygen atoms in total. The molecule has 29 heavy (non-hydrogen) atoms. The Morgan fingerprint density at radius 3 is 2.31 bits per heavy atom. The molecule has 1 N–H and O–H groups in total. The Kier molecular flexibility index (Phi) is 6.08. The van der Waals surface area contributed by atoms with E-state index < -0.39 is 5.97 Å². The fourth-order valence-electron chi connectivity index (χ4n) is 3.13. The molecule has 0 bridgehead atoms. The van der Waals surface area contributed by atoms with Crippen LogP contribution in [0, 0.1) is 6.92 Å². The van der Waals surface area contributed by atoms with Gasteiger partial charge >= 0.3 is 5.97 Å². The summed E-state index contributed by atoms with van der Waals surface area (Å²) >= 11 is 1.20. The summed E-state index contributed by atoms with van der Waals surface area (Å²) in [6.07, 6.45) is 1.00. The van der Waals surface area contributed by atoms with E-state index in [1.54, 1.807) is 6.92 Å². The molecule has 0 fully saturated rings. The predicted molar refractivity (Wildman–Crippen MR) is 118 cm³/mol. The van der Waals surface area contributed by atoms with Gasteiger partial charge in [0.05, 0.1) is 5.69 Å². The number of benzene rings is 2. The third-order valence-corrected chi connectivity index (χ3v) is 6.04. The average Bonchev–Trinajstić information content (AvgIpc) is 3.08. The predicted octanol–water partition coefficient (Wildman–Crippen LogP) is 6.26. The number of aryl methyl sites for hydroxylation is 2. The number of hydrogen-bond donors (Lipinski definition) is 1. The Morgan fingerprint density at radius 2 is 1.76 bits per heavy atom. The molecule has 0 radical (unpaired) electrons. The second-order valence-electron chi connectivity index (χ2n) is 8.16. The van der Waals surface area contributed by atoms with Crippen LogP contribution >= 0.6 is 11.3 Å².